The fourth-order valence-corrected chi connectivity index (χ4v) is 4.46. The summed E-state index contributed by atoms with van der Waals surface area (Å²) in [6.45, 7) is 9.66. The molecular formula is C31H35N5O4. The molecule has 1 aromatic heterocycles. The van der Waals surface area contributed by atoms with Crippen molar-refractivity contribution in [3.8, 4) is 11.5 Å². The minimum absolute atomic E-state index is 0.449. The van der Waals surface area contributed by atoms with Crippen LogP contribution in [0.25, 0.3) is 16.6 Å². The first-order valence-corrected chi connectivity index (χ1v) is 13.4. The summed E-state index contributed by atoms with van der Waals surface area (Å²) in [6, 6.07) is 21.7. The zero-order chi connectivity index (χ0) is 27.6. The first-order chi connectivity index (χ1) is 19.7. The van der Waals surface area contributed by atoms with E-state index < -0.39 is 0 Å². The van der Waals surface area contributed by atoms with Gasteiger partial charge in [-0.1, -0.05) is 49.0 Å². The zero-order valence-electron chi connectivity index (χ0n) is 22.8. The van der Waals surface area contributed by atoms with Crippen LogP contribution in [0.15, 0.2) is 79.6 Å². The SMILES string of the molecule is C=C(NOCc1ccccc1)c1ccc(Nc2ncnc3cc(OCCCN4CCOCC4)c(OC)cc23)cc1. The van der Waals surface area contributed by atoms with Gasteiger partial charge in [0.25, 0.3) is 0 Å². The highest BCUT2D eigenvalue weighted by atomic mass is 16.6. The molecule has 0 unspecified atom stereocenters. The number of hydrogen-bond acceptors (Lipinski definition) is 9. The summed E-state index contributed by atoms with van der Waals surface area (Å²) in [6.07, 6.45) is 2.47. The standard InChI is InChI=1S/C31H35N5O4/c1-23(35-40-21-24-7-4-3-5-8-24)25-9-11-26(12-10-25)34-31-27-19-29(37-2)30(20-28(27)32-22-33-31)39-16-6-13-36-14-17-38-18-15-36/h3-5,7-12,19-20,22,35H,1,6,13-18,21H2,2H3,(H,32,33,34). The minimum Gasteiger partial charge on any atom is -0.493 e. The summed E-state index contributed by atoms with van der Waals surface area (Å²) in [7, 11) is 1.64. The number of hydrogen-bond donors (Lipinski definition) is 2. The van der Waals surface area contributed by atoms with Crippen LogP contribution in [0.4, 0.5) is 11.5 Å². The predicted molar refractivity (Wildman–Crippen MR) is 157 cm³/mol. The highest BCUT2D eigenvalue weighted by Crippen LogP contribution is 2.35. The number of aromatic nitrogens is 2. The second kappa shape index (κ2) is 13.7. The smallest absolute Gasteiger partial charge is 0.163 e. The first-order valence-electron chi connectivity index (χ1n) is 13.4. The number of benzene rings is 3. The molecule has 0 saturated carbocycles. The second-order valence-corrected chi connectivity index (χ2v) is 9.46. The summed E-state index contributed by atoms with van der Waals surface area (Å²) in [5.41, 5.74) is 7.25. The molecule has 2 heterocycles. The number of anilines is 2. The Morgan fingerprint density at radius 3 is 2.58 bits per heavy atom. The maximum absolute atomic E-state index is 6.09. The topological polar surface area (TPSA) is 90.0 Å². The average Bonchev–Trinajstić information content (AvgIpc) is 3.00. The summed E-state index contributed by atoms with van der Waals surface area (Å²) in [4.78, 5) is 16.9. The Labute approximate surface area is 234 Å². The van der Waals surface area contributed by atoms with E-state index in [0.717, 1.165) is 67.0 Å². The van der Waals surface area contributed by atoms with E-state index in [1.165, 1.54) is 0 Å². The van der Waals surface area contributed by atoms with Gasteiger partial charge in [0.1, 0.15) is 12.1 Å². The highest BCUT2D eigenvalue weighted by Gasteiger charge is 2.13. The van der Waals surface area contributed by atoms with Crippen LogP contribution in [0.5, 0.6) is 11.5 Å². The van der Waals surface area contributed by atoms with Gasteiger partial charge in [0.2, 0.25) is 0 Å². The molecule has 2 N–H and O–H groups in total. The number of rotatable bonds is 13. The zero-order valence-corrected chi connectivity index (χ0v) is 22.8. The summed E-state index contributed by atoms with van der Waals surface area (Å²) in [5, 5.41) is 4.23. The molecule has 1 aliphatic heterocycles. The lowest BCUT2D eigenvalue weighted by Gasteiger charge is -2.26. The van der Waals surface area contributed by atoms with Crippen molar-refractivity contribution in [1.82, 2.24) is 20.3 Å². The Bertz CT molecular complexity index is 1390. The van der Waals surface area contributed by atoms with Crippen molar-refractivity contribution in [2.24, 2.45) is 0 Å². The maximum atomic E-state index is 6.09. The molecule has 0 radical (unpaired) electrons. The second-order valence-electron chi connectivity index (χ2n) is 9.46. The van der Waals surface area contributed by atoms with E-state index in [1.54, 1.807) is 13.4 Å². The maximum Gasteiger partial charge on any atom is 0.163 e. The third-order valence-electron chi connectivity index (χ3n) is 6.67. The molecule has 0 amide bonds. The van der Waals surface area contributed by atoms with E-state index in [-0.39, 0.29) is 0 Å². The molecular weight excluding hydrogens is 506 g/mol. The predicted octanol–water partition coefficient (Wildman–Crippen LogP) is 5.18. The quantitative estimate of drug-likeness (QED) is 0.176. The van der Waals surface area contributed by atoms with Crippen molar-refractivity contribution in [2.75, 3.05) is 51.9 Å². The lowest BCUT2D eigenvalue weighted by molar-refractivity contribution is 0.0357. The van der Waals surface area contributed by atoms with Crippen molar-refractivity contribution >= 4 is 28.1 Å². The number of hydroxylamine groups is 1. The number of methoxy groups -OCH3 is 1. The molecule has 3 aromatic carbocycles. The van der Waals surface area contributed by atoms with E-state index in [1.807, 2.05) is 66.7 Å². The number of nitrogens with zero attached hydrogens (tertiary/aromatic N) is 3. The third-order valence-corrected chi connectivity index (χ3v) is 6.67. The normalized spacial score (nSPS) is 13.6. The van der Waals surface area contributed by atoms with Crippen molar-refractivity contribution in [1.29, 1.82) is 0 Å². The summed E-state index contributed by atoms with van der Waals surface area (Å²) < 4.78 is 17.1. The van der Waals surface area contributed by atoms with Gasteiger partial charge in [-0.3, -0.25) is 15.2 Å². The summed E-state index contributed by atoms with van der Waals surface area (Å²) in [5.74, 6) is 1.99. The van der Waals surface area contributed by atoms with Gasteiger partial charge in [0.15, 0.2) is 11.5 Å². The third kappa shape index (κ3) is 7.26. The summed E-state index contributed by atoms with van der Waals surface area (Å²) >= 11 is 0. The monoisotopic (exact) mass is 541 g/mol. The largest absolute Gasteiger partial charge is 0.493 e. The molecule has 0 aliphatic carbocycles. The van der Waals surface area contributed by atoms with E-state index in [9.17, 15) is 0 Å². The van der Waals surface area contributed by atoms with Crippen molar-refractivity contribution in [2.45, 2.75) is 13.0 Å². The molecule has 208 valence electrons. The van der Waals surface area contributed by atoms with Crippen LogP contribution in [0.2, 0.25) is 0 Å². The molecule has 1 saturated heterocycles. The number of morpholine rings is 1. The van der Waals surface area contributed by atoms with Crippen LogP contribution in [-0.2, 0) is 16.2 Å². The van der Waals surface area contributed by atoms with Gasteiger partial charge in [0, 0.05) is 36.8 Å². The highest BCUT2D eigenvalue weighted by molar-refractivity contribution is 5.93. The Kier molecular flexibility index (Phi) is 9.41. The Morgan fingerprint density at radius 2 is 1.80 bits per heavy atom. The van der Waals surface area contributed by atoms with Crippen LogP contribution >= 0.6 is 0 Å². The molecule has 5 rings (SSSR count). The number of ether oxygens (including phenoxy) is 3. The van der Waals surface area contributed by atoms with E-state index in [0.29, 0.717) is 36.2 Å². The lowest BCUT2D eigenvalue weighted by atomic mass is 10.1. The molecule has 0 atom stereocenters. The Hall–Kier alpha value is -4.18. The van der Waals surface area contributed by atoms with E-state index >= 15 is 0 Å². The lowest BCUT2D eigenvalue weighted by Crippen LogP contribution is -2.37. The molecule has 4 aromatic rings. The van der Waals surface area contributed by atoms with Gasteiger partial charge < -0.3 is 19.5 Å². The Balaban J connectivity index is 1.19. The van der Waals surface area contributed by atoms with E-state index in [4.69, 9.17) is 19.0 Å². The van der Waals surface area contributed by atoms with Crippen LogP contribution in [-0.4, -0.2) is 61.4 Å². The van der Waals surface area contributed by atoms with Crippen molar-refractivity contribution in [3.05, 3.63) is 90.8 Å². The van der Waals surface area contributed by atoms with Crippen LogP contribution < -0.4 is 20.3 Å². The molecule has 1 aliphatic rings. The van der Waals surface area contributed by atoms with Crippen molar-refractivity contribution < 1.29 is 19.0 Å². The number of nitrogens with one attached hydrogen (secondary N) is 2. The van der Waals surface area contributed by atoms with Crippen molar-refractivity contribution in [3.63, 3.8) is 0 Å². The van der Waals surface area contributed by atoms with Gasteiger partial charge in [0.05, 0.1) is 44.8 Å². The van der Waals surface area contributed by atoms with Gasteiger partial charge in [-0.2, -0.15) is 0 Å². The average molecular weight is 542 g/mol. The van der Waals surface area contributed by atoms with Gasteiger partial charge in [-0.25, -0.2) is 9.97 Å². The molecule has 9 nitrogen and oxygen atoms in total. The van der Waals surface area contributed by atoms with E-state index in [2.05, 4.69) is 32.2 Å². The molecule has 0 spiro atoms. The molecule has 40 heavy (non-hydrogen) atoms. The minimum atomic E-state index is 0.449. The number of fused-ring (bicyclic) bond motifs is 1. The van der Waals surface area contributed by atoms with Gasteiger partial charge in [-0.15, -0.1) is 0 Å². The molecule has 1 fully saturated rings. The Morgan fingerprint density at radius 1 is 1.00 bits per heavy atom. The molecule has 0 bridgehead atoms. The van der Waals surface area contributed by atoms with Crippen LogP contribution in [0, 0.1) is 0 Å². The molecule has 9 heteroatoms. The van der Waals surface area contributed by atoms with Crippen LogP contribution in [0.3, 0.4) is 0 Å². The first kappa shape index (κ1) is 27.4. The van der Waals surface area contributed by atoms with Crippen LogP contribution in [0.1, 0.15) is 17.5 Å². The fourth-order valence-electron chi connectivity index (χ4n) is 4.46. The van der Waals surface area contributed by atoms with Gasteiger partial charge >= 0.3 is 0 Å². The van der Waals surface area contributed by atoms with Gasteiger partial charge in [-0.05, 0) is 35.7 Å². The fraction of sp³-hybridized carbons (Fsp3) is 0.290.